The van der Waals surface area contributed by atoms with Gasteiger partial charge in [0.25, 0.3) is 0 Å². The minimum atomic E-state index is -0.264. The van der Waals surface area contributed by atoms with Crippen LogP contribution in [0.25, 0.3) is 11.1 Å². The first-order valence-corrected chi connectivity index (χ1v) is 11.5. The Morgan fingerprint density at radius 2 is 1.91 bits per heavy atom. The zero-order chi connectivity index (χ0) is 23.4. The molecule has 1 unspecified atom stereocenters. The molecule has 1 aromatic heterocycles. The molecule has 0 spiro atoms. The Kier molecular flexibility index (Phi) is 6.92. The van der Waals surface area contributed by atoms with Crippen LogP contribution in [0.3, 0.4) is 0 Å². The summed E-state index contributed by atoms with van der Waals surface area (Å²) in [5.74, 6) is 0.574. The highest BCUT2D eigenvalue weighted by molar-refractivity contribution is 5.82. The quantitative estimate of drug-likeness (QED) is 0.622. The van der Waals surface area contributed by atoms with E-state index in [0.29, 0.717) is 38.9 Å². The van der Waals surface area contributed by atoms with Crippen LogP contribution in [0.2, 0.25) is 0 Å². The van der Waals surface area contributed by atoms with Crippen molar-refractivity contribution in [1.82, 2.24) is 15.4 Å². The molecule has 0 radical (unpaired) electrons. The van der Waals surface area contributed by atoms with Crippen molar-refractivity contribution in [2.45, 2.75) is 40.0 Å². The molecule has 6 nitrogen and oxygen atoms in total. The van der Waals surface area contributed by atoms with Crippen molar-refractivity contribution in [3.05, 3.63) is 76.7 Å². The molecule has 4 rings (SSSR count). The van der Waals surface area contributed by atoms with Crippen LogP contribution in [0.5, 0.6) is 0 Å². The summed E-state index contributed by atoms with van der Waals surface area (Å²) in [7, 11) is 0. The van der Waals surface area contributed by atoms with Crippen LogP contribution in [-0.4, -0.2) is 41.5 Å². The van der Waals surface area contributed by atoms with E-state index in [0.717, 1.165) is 28.1 Å². The maximum atomic E-state index is 12.9. The zero-order valence-corrected chi connectivity index (χ0v) is 19.6. The van der Waals surface area contributed by atoms with Gasteiger partial charge in [-0.15, -0.1) is 0 Å². The monoisotopic (exact) mass is 445 g/mol. The SMILES string of the molecule is Cc1cccc(-c2ccc(CC3CN(C(=O)CCc4c(C)noc4C)CCNC3=O)cc2)c1. The van der Waals surface area contributed by atoms with Crippen LogP contribution in [0, 0.1) is 26.7 Å². The van der Waals surface area contributed by atoms with Gasteiger partial charge in [-0.05, 0) is 50.3 Å². The van der Waals surface area contributed by atoms with Crippen LogP contribution >= 0.6 is 0 Å². The van der Waals surface area contributed by atoms with E-state index in [1.165, 1.54) is 11.1 Å². The Labute approximate surface area is 195 Å². The Morgan fingerprint density at radius 3 is 2.61 bits per heavy atom. The maximum absolute atomic E-state index is 12.9. The third kappa shape index (κ3) is 5.51. The van der Waals surface area contributed by atoms with E-state index in [2.05, 4.69) is 65.9 Å². The molecule has 1 saturated heterocycles. The first-order chi connectivity index (χ1) is 15.9. The molecule has 33 heavy (non-hydrogen) atoms. The third-order valence-corrected chi connectivity index (χ3v) is 6.40. The second kappa shape index (κ2) is 10.0. The number of benzene rings is 2. The van der Waals surface area contributed by atoms with Gasteiger partial charge in [-0.3, -0.25) is 9.59 Å². The number of hydrogen-bond acceptors (Lipinski definition) is 4. The predicted molar refractivity (Wildman–Crippen MR) is 128 cm³/mol. The van der Waals surface area contributed by atoms with E-state index in [4.69, 9.17) is 4.52 Å². The van der Waals surface area contributed by atoms with Crippen LogP contribution in [-0.2, 0) is 22.4 Å². The van der Waals surface area contributed by atoms with E-state index in [1.807, 2.05) is 18.7 Å². The van der Waals surface area contributed by atoms with Crippen molar-refractivity contribution < 1.29 is 14.1 Å². The van der Waals surface area contributed by atoms with Crippen LogP contribution in [0.15, 0.2) is 53.1 Å². The third-order valence-electron chi connectivity index (χ3n) is 6.40. The van der Waals surface area contributed by atoms with Gasteiger partial charge in [0, 0.05) is 31.6 Å². The number of carbonyl (C=O) groups excluding carboxylic acids is 2. The molecular weight excluding hydrogens is 414 g/mol. The number of nitrogens with zero attached hydrogens (tertiary/aromatic N) is 2. The van der Waals surface area contributed by atoms with E-state index >= 15 is 0 Å². The number of hydrogen-bond donors (Lipinski definition) is 1. The van der Waals surface area contributed by atoms with E-state index in [9.17, 15) is 9.59 Å². The van der Waals surface area contributed by atoms with Gasteiger partial charge in [0.2, 0.25) is 11.8 Å². The summed E-state index contributed by atoms with van der Waals surface area (Å²) in [5, 5.41) is 6.94. The van der Waals surface area contributed by atoms with Gasteiger partial charge >= 0.3 is 0 Å². The smallest absolute Gasteiger partial charge is 0.225 e. The van der Waals surface area contributed by atoms with Gasteiger partial charge in [0.1, 0.15) is 5.76 Å². The lowest BCUT2D eigenvalue weighted by Crippen LogP contribution is -2.37. The number of aromatic nitrogens is 1. The lowest BCUT2D eigenvalue weighted by Gasteiger charge is -2.23. The summed E-state index contributed by atoms with van der Waals surface area (Å²) < 4.78 is 5.20. The molecule has 3 aromatic rings. The highest BCUT2D eigenvalue weighted by Crippen LogP contribution is 2.23. The Morgan fingerprint density at radius 1 is 1.12 bits per heavy atom. The lowest BCUT2D eigenvalue weighted by molar-refractivity contribution is -0.132. The fourth-order valence-corrected chi connectivity index (χ4v) is 4.47. The fourth-order valence-electron chi connectivity index (χ4n) is 4.47. The number of nitrogens with one attached hydrogen (secondary N) is 1. The molecule has 0 bridgehead atoms. The van der Waals surface area contributed by atoms with Crippen molar-refractivity contribution in [2.75, 3.05) is 19.6 Å². The number of carbonyl (C=O) groups is 2. The topological polar surface area (TPSA) is 75.4 Å². The largest absolute Gasteiger partial charge is 0.361 e. The Balaban J connectivity index is 1.40. The molecule has 1 aliphatic heterocycles. The molecule has 1 atom stereocenters. The summed E-state index contributed by atoms with van der Waals surface area (Å²) in [6, 6.07) is 16.8. The summed E-state index contributed by atoms with van der Waals surface area (Å²) >= 11 is 0. The van der Waals surface area contributed by atoms with Crippen LogP contribution < -0.4 is 5.32 Å². The molecule has 2 amide bonds. The predicted octanol–water partition coefficient (Wildman–Crippen LogP) is 4.02. The van der Waals surface area contributed by atoms with Crippen LogP contribution in [0.1, 0.15) is 34.6 Å². The van der Waals surface area contributed by atoms with Gasteiger partial charge in [-0.2, -0.15) is 0 Å². The lowest BCUT2D eigenvalue weighted by atomic mass is 9.95. The van der Waals surface area contributed by atoms with Crippen molar-refractivity contribution in [3.63, 3.8) is 0 Å². The zero-order valence-electron chi connectivity index (χ0n) is 19.6. The molecule has 172 valence electrons. The first-order valence-electron chi connectivity index (χ1n) is 11.5. The highest BCUT2D eigenvalue weighted by atomic mass is 16.5. The van der Waals surface area contributed by atoms with E-state index in [1.54, 1.807) is 0 Å². The summed E-state index contributed by atoms with van der Waals surface area (Å²) in [5.41, 5.74) is 6.49. The minimum absolute atomic E-state index is 0.0128. The number of rotatable bonds is 6. The average Bonchev–Trinajstić information content (AvgIpc) is 3.01. The normalized spacial score (nSPS) is 16.4. The van der Waals surface area contributed by atoms with Gasteiger partial charge in [0.15, 0.2) is 0 Å². The average molecular weight is 446 g/mol. The van der Waals surface area contributed by atoms with Gasteiger partial charge in [-0.25, -0.2) is 0 Å². The molecule has 2 heterocycles. The first kappa shape index (κ1) is 22.8. The minimum Gasteiger partial charge on any atom is -0.361 e. The number of aryl methyl sites for hydroxylation is 3. The molecule has 2 aromatic carbocycles. The highest BCUT2D eigenvalue weighted by Gasteiger charge is 2.28. The maximum Gasteiger partial charge on any atom is 0.225 e. The Bertz CT molecular complexity index is 1110. The number of amides is 2. The molecule has 1 N–H and O–H groups in total. The summed E-state index contributed by atoms with van der Waals surface area (Å²) in [6.07, 6.45) is 1.59. The van der Waals surface area contributed by atoms with Crippen molar-refractivity contribution in [2.24, 2.45) is 5.92 Å². The van der Waals surface area contributed by atoms with E-state index in [-0.39, 0.29) is 17.7 Å². The van der Waals surface area contributed by atoms with Gasteiger partial charge in [-0.1, -0.05) is 59.3 Å². The molecule has 6 heteroatoms. The van der Waals surface area contributed by atoms with Crippen LogP contribution in [0.4, 0.5) is 0 Å². The molecule has 0 aliphatic carbocycles. The van der Waals surface area contributed by atoms with Gasteiger partial charge < -0.3 is 14.7 Å². The second-order valence-electron chi connectivity index (χ2n) is 8.90. The molecule has 0 saturated carbocycles. The van der Waals surface area contributed by atoms with Crippen molar-refractivity contribution in [1.29, 1.82) is 0 Å². The Hall–Kier alpha value is -3.41. The molecule has 1 aliphatic rings. The fraction of sp³-hybridized carbons (Fsp3) is 0.370. The van der Waals surface area contributed by atoms with E-state index < -0.39 is 0 Å². The molecular formula is C27H31N3O3. The van der Waals surface area contributed by atoms with Crippen molar-refractivity contribution in [3.8, 4) is 11.1 Å². The standard InChI is InChI=1S/C27H31N3O3/c1-18-5-4-6-23(15-18)22-9-7-21(8-10-22)16-24-17-30(14-13-28-27(24)32)26(31)12-11-25-19(2)29-33-20(25)3/h4-10,15,24H,11-14,16-17H2,1-3H3,(H,28,32). The van der Waals surface area contributed by atoms with Crippen molar-refractivity contribution >= 4 is 11.8 Å². The molecule has 1 fully saturated rings. The summed E-state index contributed by atoms with van der Waals surface area (Å²) in [6.45, 7) is 7.31. The summed E-state index contributed by atoms with van der Waals surface area (Å²) in [4.78, 5) is 27.4. The van der Waals surface area contributed by atoms with Gasteiger partial charge in [0.05, 0.1) is 11.6 Å². The second-order valence-corrected chi connectivity index (χ2v) is 8.90.